The molecule has 1 saturated heterocycles. The molecule has 0 radical (unpaired) electrons. The Labute approximate surface area is 203 Å². The summed E-state index contributed by atoms with van der Waals surface area (Å²) < 4.78 is 10.1. The second kappa shape index (κ2) is 14.6. The van der Waals surface area contributed by atoms with Crippen molar-refractivity contribution in [1.29, 1.82) is 0 Å². The van der Waals surface area contributed by atoms with Crippen molar-refractivity contribution in [2.45, 2.75) is 71.1 Å². The molecule has 4 amide bonds. The summed E-state index contributed by atoms with van der Waals surface area (Å²) in [5.74, 6) is -2.14. The van der Waals surface area contributed by atoms with Gasteiger partial charge in [0, 0.05) is 19.4 Å². The molecule has 0 bridgehead atoms. The number of hydrogen-bond donors (Lipinski definition) is 4. The van der Waals surface area contributed by atoms with Crippen LogP contribution in [0.1, 0.15) is 58.4 Å². The zero-order valence-electron chi connectivity index (χ0n) is 20.1. The molecule has 0 aromatic heterocycles. The Kier molecular flexibility index (Phi) is 12.2. The highest BCUT2D eigenvalue weighted by molar-refractivity contribution is 6.00. The summed E-state index contributed by atoms with van der Waals surface area (Å²) in [6, 6.07) is 8.06. The number of nitrogens with one attached hydrogen (secondary N) is 2. The van der Waals surface area contributed by atoms with Crippen LogP contribution in [0.4, 0.5) is 9.59 Å². The molecular formula is C23H33N3O9. The van der Waals surface area contributed by atoms with Crippen molar-refractivity contribution in [2.24, 2.45) is 0 Å². The van der Waals surface area contributed by atoms with Gasteiger partial charge in [-0.25, -0.2) is 14.4 Å². The van der Waals surface area contributed by atoms with E-state index in [1.165, 1.54) is 0 Å². The number of rotatable bonds is 9. The number of imide groups is 1. The van der Waals surface area contributed by atoms with Crippen molar-refractivity contribution in [1.82, 2.24) is 15.7 Å². The van der Waals surface area contributed by atoms with Crippen molar-refractivity contribution in [3.63, 3.8) is 0 Å². The van der Waals surface area contributed by atoms with Crippen molar-refractivity contribution >= 4 is 30.0 Å². The molecule has 1 aliphatic rings. The van der Waals surface area contributed by atoms with E-state index in [1.54, 1.807) is 32.9 Å². The van der Waals surface area contributed by atoms with Gasteiger partial charge in [-0.15, -0.1) is 0 Å². The molecule has 1 atom stereocenters. The van der Waals surface area contributed by atoms with Crippen LogP contribution in [0.5, 0.6) is 0 Å². The maximum absolute atomic E-state index is 11.8. The number of nitrogens with zero attached hydrogens (tertiary/aromatic N) is 1. The van der Waals surface area contributed by atoms with E-state index in [2.05, 4.69) is 10.6 Å². The van der Waals surface area contributed by atoms with Gasteiger partial charge in [0.15, 0.2) is 0 Å². The molecule has 1 aromatic carbocycles. The van der Waals surface area contributed by atoms with Gasteiger partial charge in [0.25, 0.3) is 11.8 Å². The van der Waals surface area contributed by atoms with Gasteiger partial charge in [-0.2, -0.15) is 5.06 Å². The summed E-state index contributed by atoms with van der Waals surface area (Å²) in [7, 11) is 0. The summed E-state index contributed by atoms with van der Waals surface area (Å²) >= 11 is 0. The van der Waals surface area contributed by atoms with Crippen LogP contribution in [0.3, 0.4) is 0 Å². The second-order valence-electron chi connectivity index (χ2n) is 8.62. The monoisotopic (exact) mass is 495 g/mol. The molecule has 4 N–H and O–H groups in total. The molecule has 2 rings (SSSR count). The third-order valence-electron chi connectivity index (χ3n) is 4.42. The molecule has 0 unspecified atom stereocenters. The van der Waals surface area contributed by atoms with E-state index in [0.29, 0.717) is 19.4 Å². The SMILES string of the molecule is CC(C)(C)OC(=O)NCCCC[C@H](NC(=O)OCc1ccccc1)C(=O)O.O=C1CCC(=O)N1O. The number of carboxylic acids is 1. The Balaban J connectivity index is 0.000000642. The summed E-state index contributed by atoms with van der Waals surface area (Å²) in [4.78, 5) is 55.0. The van der Waals surface area contributed by atoms with E-state index in [4.69, 9.17) is 14.7 Å². The fourth-order valence-electron chi connectivity index (χ4n) is 2.71. The van der Waals surface area contributed by atoms with Gasteiger partial charge < -0.3 is 25.2 Å². The molecular weight excluding hydrogens is 462 g/mol. The smallest absolute Gasteiger partial charge is 0.408 e. The maximum Gasteiger partial charge on any atom is 0.408 e. The normalized spacial score (nSPS) is 13.9. The predicted molar refractivity (Wildman–Crippen MR) is 122 cm³/mol. The quantitative estimate of drug-likeness (QED) is 0.228. The summed E-state index contributed by atoms with van der Waals surface area (Å²) in [6.07, 6.45) is 0.296. The van der Waals surface area contributed by atoms with E-state index in [0.717, 1.165) is 5.56 Å². The molecule has 35 heavy (non-hydrogen) atoms. The average molecular weight is 496 g/mol. The first-order chi connectivity index (χ1) is 16.4. The zero-order valence-corrected chi connectivity index (χ0v) is 20.1. The molecule has 1 aliphatic heterocycles. The van der Waals surface area contributed by atoms with Crippen LogP contribution in [-0.4, -0.2) is 63.5 Å². The second-order valence-corrected chi connectivity index (χ2v) is 8.62. The highest BCUT2D eigenvalue weighted by Crippen LogP contribution is 2.08. The lowest BCUT2D eigenvalue weighted by molar-refractivity contribution is -0.171. The summed E-state index contributed by atoms with van der Waals surface area (Å²) in [5, 5.41) is 22.7. The lowest BCUT2D eigenvalue weighted by Gasteiger charge is -2.19. The largest absolute Gasteiger partial charge is 0.480 e. The molecule has 1 fully saturated rings. The third-order valence-corrected chi connectivity index (χ3v) is 4.42. The number of ether oxygens (including phenoxy) is 2. The Morgan fingerprint density at radius 1 is 1.03 bits per heavy atom. The van der Waals surface area contributed by atoms with Crippen molar-refractivity contribution in [3.05, 3.63) is 35.9 Å². The third kappa shape index (κ3) is 13.0. The number of alkyl carbamates (subject to hydrolysis) is 2. The molecule has 0 spiro atoms. The number of benzene rings is 1. The van der Waals surface area contributed by atoms with E-state index >= 15 is 0 Å². The first-order valence-corrected chi connectivity index (χ1v) is 11.1. The minimum Gasteiger partial charge on any atom is -0.480 e. The van der Waals surface area contributed by atoms with E-state index in [9.17, 15) is 29.1 Å². The lowest BCUT2D eigenvalue weighted by Crippen LogP contribution is -2.41. The van der Waals surface area contributed by atoms with Gasteiger partial charge in [-0.05, 0) is 45.6 Å². The number of hydrogen-bond acceptors (Lipinski definition) is 8. The number of amides is 4. The van der Waals surface area contributed by atoms with Gasteiger partial charge in [0.2, 0.25) is 0 Å². The highest BCUT2D eigenvalue weighted by atomic mass is 16.6. The number of carbonyl (C=O) groups is 5. The maximum atomic E-state index is 11.8. The Morgan fingerprint density at radius 2 is 1.63 bits per heavy atom. The van der Waals surface area contributed by atoms with Crippen molar-refractivity contribution in [3.8, 4) is 0 Å². The van der Waals surface area contributed by atoms with E-state index in [-0.39, 0.29) is 30.9 Å². The van der Waals surface area contributed by atoms with Gasteiger partial charge in [0.05, 0.1) is 0 Å². The van der Waals surface area contributed by atoms with E-state index in [1.807, 2.05) is 18.2 Å². The van der Waals surface area contributed by atoms with Crippen LogP contribution in [0.2, 0.25) is 0 Å². The van der Waals surface area contributed by atoms with Crippen molar-refractivity contribution < 1.29 is 43.8 Å². The van der Waals surface area contributed by atoms with Crippen LogP contribution in [0.15, 0.2) is 30.3 Å². The Bertz CT molecular complexity index is 853. The van der Waals surface area contributed by atoms with E-state index < -0.39 is 41.6 Å². The number of carboxylic acid groups (broad SMARTS) is 1. The van der Waals surface area contributed by atoms with Crippen molar-refractivity contribution in [2.75, 3.05) is 6.54 Å². The number of carbonyl (C=O) groups excluding carboxylic acids is 4. The van der Waals surface area contributed by atoms with Gasteiger partial charge in [-0.3, -0.25) is 14.8 Å². The number of aliphatic carboxylic acids is 1. The van der Waals surface area contributed by atoms with Gasteiger partial charge >= 0.3 is 18.2 Å². The fourth-order valence-corrected chi connectivity index (χ4v) is 2.71. The summed E-state index contributed by atoms with van der Waals surface area (Å²) in [6.45, 7) is 5.74. The minimum absolute atomic E-state index is 0.0683. The molecule has 12 nitrogen and oxygen atoms in total. The first-order valence-electron chi connectivity index (χ1n) is 11.1. The van der Waals surface area contributed by atoms with Crippen LogP contribution < -0.4 is 10.6 Å². The van der Waals surface area contributed by atoms with Crippen LogP contribution in [-0.2, 0) is 30.5 Å². The molecule has 194 valence electrons. The van der Waals surface area contributed by atoms with Crippen LogP contribution in [0, 0.1) is 0 Å². The van der Waals surface area contributed by atoms with Crippen LogP contribution in [0.25, 0.3) is 0 Å². The number of hydroxylamine groups is 2. The molecule has 0 aliphatic carbocycles. The average Bonchev–Trinajstić information content (AvgIpc) is 3.07. The molecule has 0 saturated carbocycles. The minimum atomic E-state index is -1.13. The van der Waals surface area contributed by atoms with Gasteiger partial charge in [-0.1, -0.05) is 30.3 Å². The Morgan fingerprint density at radius 3 is 2.11 bits per heavy atom. The lowest BCUT2D eigenvalue weighted by atomic mass is 10.1. The zero-order chi connectivity index (χ0) is 26.4. The summed E-state index contributed by atoms with van der Waals surface area (Å²) in [5.41, 5.74) is 0.246. The standard InChI is InChI=1S/C19H28N2O6.C4H5NO3/c1-19(2,3)27-17(24)20-12-8-7-11-15(16(22)23)21-18(25)26-13-14-9-5-4-6-10-14;6-3-1-2-4(7)5(3)8/h4-6,9-10,15H,7-8,11-13H2,1-3H3,(H,20,24)(H,21,25)(H,22,23);8H,1-2H2/t15-;/m0./s1. The van der Waals surface area contributed by atoms with Gasteiger partial charge in [0.1, 0.15) is 18.2 Å². The first kappa shape index (κ1) is 29.4. The molecule has 12 heteroatoms. The highest BCUT2D eigenvalue weighted by Gasteiger charge is 2.26. The molecule has 1 aromatic rings. The topological polar surface area (TPSA) is 172 Å². The Hall–Kier alpha value is -3.67. The predicted octanol–water partition coefficient (Wildman–Crippen LogP) is 2.59. The fraction of sp³-hybridized carbons (Fsp3) is 0.522. The molecule has 1 heterocycles. The van der Waals surface area contributed by atoms with Crippen LogP contribution >= 0.6 is 0 Å². The number of unbranched alkanes of at least 4 members (excludes halogenated alkanes) is 1.